The number of nitrogens with zero attached hydrogens (tertiary/aromatic N) is 3. The van der Waals surface area contributed by atoms with Gasteiger partial charge in [-0.3, -0.25) is 0 Å². The maximum atomic E-state index is 15.0. The standard InChI is InChI=1S/C29H24FN3O/c1-14(2)28-32-25(21-12-10-18-13-15(3)24(30)17(5)23(18)26(21)33-28)22-8-6-7-19-20-11-9-16(4)31-29(20)34-27(19)22/h6-14H,1-5H3. The van der Waals surface area contributed by atoms with Crippen molar-refractivity contribution in [1.82, 2.24) is 15.0 Å². The second-order valence-electron chi connectivity index (χ2n) is 9.37. The summed E-state index contributed by atoms with van der Waals surface area (Å²) in [6.07, 6.45) is 0. The first kappa shape index (κ1) is 20.7. The number of hydrogen-bond acceptors (Lipinski definition) is 4. The van der Waals surface area contributed by atoms with Crippen molar-refractivity contribution in [3.63, 3.8) is 0 Å². The number of rotatable bonds is 2. The second kappa shape index (κ2) is 7.32. The number of benzene rings is 3. The zero-order chi connectivity index (χ0) is 23.7. The first-order valence-corrected chi connectivity index (χ1v) is 11.5. The van der Waals surface area contributed by atoms with E-state index in [-0.39, 0.29) is 11.7 Å². The van der Waals surface area contributed by atoms with E-state index in [0.29, 0.717) is 16.8 Å². The number of furan rings is 1. The van der Waals surface area contributed by atoms with Crippen LogP contribution in [-0.4, -0.2) is 15.0 Å². The van der Waals surface area contributed by atoms with Crippen molar-refractivity contribution < 1.29 is 8.81 Å². The van der Waals surface area contributed by atoms with Gasteiger partial charge >= 0.3 is 0 Å². The van der Waals surface area contributed by atoms with Gasteiger partial charge in [0, 0.05) is 38.7 Å². The fourth-order valence-electron chi connectivity index (χ4n) is 4.87. The van der Waals surface area contributed by atoms with Crippen LogP contribution in [0.15, 0.2) is 52.9 Å². The minimum Gasteiger partial charge on any atom is -0.437 e. The van der Waals surface area contributed by atoms with Crippen molar-refractivity contribution in [2.24, 2.45) is 0 Å². The third-order valence-electron chi connectivity index (χ3n) is 6.62. The van der Waals surface area contributed by atoms with Crippen LogP contribution < -0.4 is 0 Å². The number of pyridine rings is 1. The van der Waals surface area contributed by atoms with Crippen LogP contribution in [0, 0.1) is 26.6 Å². The van der Waals surface area contributed by atoms with E-state index in [1.54, 1.807) is 6.92 Å². The highest BCUT2D eigenvalue weighted by atomic mass is 19.1. The summed E-state index contributed by atoms with van der Waals surface area (Å²) in [6.45, 7) is 9.72. The normalized spacial score (nSPS) is 12.1. The summed E-state index contributed by atoms with van der Waals surface area (Å²) >= 11 is 0. The van der Waals surface area contributed by atoms with Crippen LogP contribution in [0.25, 0.3) is 55.0 Å². The highest BCUT2D eigenvalue weighted by Gasteiger charge is 2.20. The van der Waals surface area contributed by atoms with E-state index in [1.807, 2.05) is 62.4 Å². The quantitative estimate of drug-likeness (QED) is 0.252. The molecule has 0 aliphatic heterocycles. The highest BCUT2D eigenvalue weighted by molar-refractivity contribution is 6.14. The maximum absolute atomic E-state index is 15.0. The van der Waals surface area contributed by atoms with Gasteiger partial charge in [-0.05, 0) is 67.6 Å². The fourth-order valence-corrected chi connectivity index (χ4v) is 4.87. The Morgan fingerprint density at radius 2 is 1.65 bits per heavy atom. The van der Waals surface area contributed by atoms with E-state index < -0.39 is 0 Å². The Morgan fingerprint density at radius 3 is 2.44 bits per heavy atom. The minimum atomic E-state index is -0.188. The van der Waals surface area contributed by atoms with Crippen molar-refractivity contribution in [3.05, 3.63) is 77.0 Å². The molecule has 0 bridgehead atoms. The number of fused-ring (bicyclic) bond motifs is 6. The van der Waals surface area contributed by atoms with E-state index in [0.717, 1.165) is 60.8 Å². The predicted octanol–water partition coefficient (Wildman–Crippen LogP) is 7.93. The monoisotopic (exact) mass is 449 g/mol. The predicted molar refractivity (Wildman–Crippen MR) is 136 cm³/mol. The van der Waals surface area contributed by atoms with Crippen molar-refractivity contribution in [2.75, 3.05) is 0 Å². The fraction of sp³-hybridized carbons (Fsp3) is 0.207. The Balaban J connectivity index is 1.77. The lowest BCUT2D eigenvalue weighted by molar-refractivity contribution is 0.612. The van der Waals surface area contributed by atoms with E-state index >= 15 is 0 Å². The zero-order valence-electron chi connectivity index (χ0n) is 19.8. The molecule has 34 heavy (non-hydrogen) atoms. The second-order valence-corrected chi connectivity index (χ2v) is 9.37. The third kappa shape index (κ3) is 2.93. The summed E-state index contributed by atoms with van der Waals surface area (Å²) in [5, 5.41) is 4.66. The van der Waals surface area contributed by atoms with Crippen LogP contribution in [0.1, 0.15) is 42.4 Å². The van der Waals surface area contributed by atoms with Gasteiger partial charge in [-0.2, -0.15) is 0 Å². The molecule has 4 nitrogen and oxygen atoms in total. The average molecular weight is 450 g/mol. The van der Waals surface area contributed by atoms with Gasteiger partial charge in [0.15, 0.2) is 0 Å². The van der Waals surface area contributed by atoms with Crippen LogP contribution in [0.2, 0.25) is 0 Å². The lowest BCUT2D eigenvalue weighted by Gasteiger charge is -2.15. The van der Waals surface area contributed by atoms with Crippen LogP contribution in [-0.2, 0) is 0 Å². The summed E-state index contributed by atoms with van der Waals surface area (Å²) in [7, 11) is 0. The lowest BCUT2D eigenvalue weighted by atomic mass is 9.96. The number of aryl methyl sites for hydroxylation is 3. The number of hydrogen-bond donors (Lipinski definition) is 0. The maximum Gasteiger partial charge on any atom is 0.227 e. The zero-order valence-corrected chi connectivity index (χ0v) is 19.8. The summed E-state index contributed by atoms with van der Waals surface area (Å²) in [5.74, 6) is 0.637. The lowest BCUT2D eigenvalue weighted by Crippen LogP contribution is -2.02. The summed E-state index contributed by atoms with van der Waals surface area (Å²) in [4.78, 5) is 14.5. The van der Waals surface area contributed by atoms with Gasteiger partial charge in [0.05, 0.1) is 11.2 Å². The van der Waals surface area contributed by atoms with Crippen LogP contribution in [0.4, 0.5) is 4.39 Å². The smallest absolute Gasteiger partial charge is 0.227 e. The third-order valence-corrected chi connectivity index (χ3v) is 6.62. The molecule has 168 valence electrons. The van der Waals surface area contributed by atoms with Gasteiger partial charge in [-0.1, -0.05) is 32.0 Å². The SMILES string of the molecule is Cc1ccc2c(n1)oc1c(-c3nc(C(C)C)nc4c3ccc3cc(C)c(F)c(C)c34)cccc12. The first-order chi connectivity index (χ1) is 16.3. The number of aromatic nitrogens is 3. The largest absolute Gasteiger partial charge is 0.437 e. The number of halogens is 1. The molecule has 0 saturated heterocycles. The Kier molecular flexibility index (Phi) is 4.46. The van der Waals surface area contributed by atoms with E-state index in [1.165, 1.54) is 0 Å². The van der Waals surface area contributed by atoms with E-state index in [2.05, 4.69) is 18.8 Å². The highest BCUT2D eigenvalue weighted by Crippen LogP contribution is 2.39. The van der Waals surface area contributed by atoms with Crippen molar-refractivity contribution in [1.29, 1.82) is 0 Å². The molecule has 0 N–H and O–H groups in total. The molecule has 0 aliphatic carbocycles. The summed E-state index contributed by atoms with van der Waals surface area (Å²) in [5.41, 5.74) is 5.95. The molecule has 0 saturated carbocycles. The molecule has 5 heteroatoms. The summed E-state index contributed by atoms with van der Waals surface area (Å²) < 4.78 is 21.2. The first-order valence-electron chi connectivity index (χ1n) is 11.5. The van der Waals surface area contributed by atoms with Crippen molar-refractivity contribution >= 4 is 43.7 Å². The van der Waals surface area contributed by atoms with Gasteiger partial charge in [-0.15, -0.1) is 0 Å². The van der Waals surface area contributed by atoms with Gasteiger partial charge in [-0.25, -0.2) is 19.3 Å². The molecule has 0 unspecified atom stereocenters. The molecular weight excluding hydrogens is 425 g/mol. The summed E-state index contributed by atoms with van der Waals surface area (Å²) in [6, 6.07) is 16.1. The van der Waals surface area contributed by atoms with E-state index in [4.69, 9.17) is 14.4 Å². The Morgan fingerprint density at radius 1 is 0.853 bits per heavy atom. The molecule has 0 amide bonds. The van der Waals surface area contributed by atoms with Gasteiger partial charge < -0.3 is 4.42 Å². The van der Waals surface area contributed by atoms with Gasteiger partial charge in [0.25, 0.3) is 0 Å². The van der Waals surface area contributed by atoms with Crippen molar-refractivity contribution in [3.8, 4) is 11.3 Å². The topological polar surface area (TPSA) is 51.8 Å². The van der Waals surface area contributed by atoms with Crippen molar-refractivity contribution in [2.45, 2.75) is 40.5 Å². The Bertz CT molecular complexity index is 1780. The molecular formula is C29H24FN3O. The van der Waals surface area contributed by atoms with Gasteiger partial charge in [0.1, 0.15) is 17.2 Å². The Hall–Kier alpha value is -3.86. The molecule has 6 rings (SSSR count). The molecule has 0 aliphatic rings. The average Bonchev–Trinajstić information content (AvgIpc) is 3.19. The molecule has 0 spiro atoms. The molecule has 0 fully saturated rings. The minimum absolute atomic E-state index is 0.105. The van der Waals surface area contributed by atoms with E-state index in [9.17, 15) is 4.39 Å². The van der Waals surface area contributed by atoms with Crippen LogP contribution in [0.5, 0.6) is 0 Å². The van der Waals surface area contributed by atoms with Crippen LogP contribution >= 0.6 is 0 Å². The number of para-hydroxylation sites is 1. The molecule has 3 aromatic heterocycles. The molecule has 3 aromatic carbocycles. The molecule has 3 heterocycles. The Labute approximate surface area is 196 Å². The molecule has 0 atom stereocenters. The van der Waals surface area contributed by atoms with Gasteiger partial charge in [0.2, 0.25) is 5.71 Å². The molecule has 6 aromatic rings. The molecule has 0 radical (unpaired) electrons. The van der Waals surface area contributed by atoms with Crippen LogP contribution in [0.3, 0.4) is 0 Å².